The Balaban J connectivity index is 1.41. The van der Waals surface area contributed by atoms with Gasteiger partial charge in [0.2, 0.25) is 5.95 Å². The van der Waals surface area contributed by atoms with Gasteiger partial charge in [0.15, 0.2) is 0 Å². The maximum absolute atomic E-state index is 13.4. The van der Waals surface area contributed by atoms with Crippen LogP contribution in [0.4, 0.5) is 21.8 Å². The van der Waals surface area contributed by atoms with Gasteiger partial charge in [-0.1, -0.05) is 18.2 Å². The molecule has 3 aromatic rings. The summed E-state index contributed by atoms with van der Waals surface area (Å²) in [4.78, 5) is 21.5. The maximum atomic E-state index is 13.4. The van der Waals surface area contributed by atoms with Crippen molar-refractivity contribution in [1.29, 1.82) is 0 Å². The Hall–Kier alpha value is -3.52. The minimum absolute atomic E-state index is 0.0929. The third-order valence-electron chi connectivity index (χ3n) is 5.33. The highest BCUT2D eigenvalue weighted by molar-refractivity contribution is 5.95. The van der Waals surface area contributed by atoms with E-state index in [0.29, 0.717) is 23.9 Å². The van der Waals surface area contributed by atoms with Crippen LogP contribution in [0.5, 0.6) is 0 Å². The summed E-state index contributed by atoms with van der Waals surface area (Å²) in [6, 6.07) is 13.9. The van der Waals surface area contributed by atoms with Crippen LogP contribution >= 0.6 is 0 Å². The lowest BCUT2D eigenvalue weighted by Gasteiger charge is -2.23. The molecule has 166 valence electrons. The van der Waals surface area contributed by atoms with E-state index in [0.717, 1.165) is 42.7 Å². The van der Waals surface area contributed by atoms with Gasteiger partial charge in [0.25, 0.3) is 5.91 Å². The molecule has 1 saturated heterocycles. The molecule has 2 aromatic carbocycles. The van der Waals surface area contributed by atoms with Crippen LogP contribution in [0.3, 0.4) is 0 Å². The van der Waals surface area contributed by atoms with Crippen LogP contribution in [-0.4, -0.2) is 35.0 Å². The summed E-state index contributed by atoms with van der Waals surface area (Å²) in [5.74, 6) is 0.705. The number of piperidine rings is 1. The Morgan fingerprint density at radius 1 is 1.22 bits per heavy atom. The number of aryl methyl sites for hydroxylation is 1. The smallest absolute Gasteiger partial charge is 0.251 e. The van der Waals surface area contributed by atoms with Crippen LogP contribution in [-0.2, 0) is 6.54 Å². The highest BCUT2D eigenvalue weighted by Crippen LogP contribution is 2.19. The standard InChI is InChI=1S/C24H27FN6O/c1-16-13-28-24(31-22(16)27-14-17-5-2-7-19(25)11-17)30-20-8-3-6-18(12-20)23(32)29-21-9-4-10-26-15-21/h2-3,5-8,11-13,21,26H,4,9-10,14-15H2,1H3,(H,29,32)(H2,27,28,30,31). The van der Waals surface area contributed by atoms with Crippen LogP contribution in [0.2, 0.25) is 0 Å². The summed E-state index contributed by atoms with van der Waals surface area (Å²) in [6.07, 6.45) is 3.77. The zero-order chi connectivity index (χ0) is 22.3. The summed E-state index contributed by atoms with van der Waals surface area (Å²) < 4.78 is 13.4. The van der Waals surface area contributed by atoms with Gasteiger partial charge in [-0.05, 0) is 62.2 Å². The number of anilines is 3. The van der Waals surface area contributed by atoms with E-state index in [1.165, 1.54) is 12.1 Å². The van der Waals surface area contributed by atoms with E-state index in [9.17, 15) is 9.18 Å². The lowest BCUT2D eigenvalue weighted by atomic mass is 10.1. The second-order valence-corrected chi connectivity index (χ2v) is 7.93. The lowest BCUT2D eigenvalue weighted by Crippen LogP contribution is -2.45. The molecular weight excluding hydrogens is 407 g/mol. The zero-order valence-corrected chi connectivity index (χ0v) is 18.0. The Bertz CT molecular complexity index is 1080. The van der Waals surface area contributed by atoms with Crippen molar-refractivity contribution in [3.63, 3.8) is 0 Å². The van der Waals surface area contributed by atoms with Crippen LogP contribution in [0, 0.1) is 12.7 Å². The van der Waals surface area contributed by atoms with Gasteiger partial charge in [0.1, 0.15) is 11.6 Å². The predicted molar refractivity (Wildman–Crippen MR) is 124 cm³/mol. The van der Waals surface area contributed by atoms with Crippen LogP contribution < -0.4 is 21.3 Å². The Kier molecular flexibility index (Phi) is 6.91. The fourth-order valence-electron chi connectivity index (χ4n) is 3.62. The van der Waals surface area contributed by atoms with E-state index in [-0.39, 0.29) is 17.8 Å². The fourth-order valence-corrected chi connectivity index (χ4v) is 3.62. The van der Waals surface area contributed by atoms with E-state index >= 15 is 0 Å². The van der Waals surface area contributed by atoms with Crippen molar-refractivity contribution in [2.24, 2.45) is 0 Å². The van der Waals surface area contributed by atoms with Gasteiger partial charge in [-0.25, -0.2) is 9.37 Å². The molecule has 2 heterocycles. The molecule has 8 heteroatoms. The van der Waals surface area contributed by atoms with Crippen LogP contribution in [0.25, 0.3) is 0 Å². The first-order valence-electron chi connectivity index (χ1n) is 10.8. The molecule has 1 aliphatic heterocycles. The van der Waals surface area contributed by atoms with Crippen molar-refractivity contribution >= 4 is 23.4 Å². The van der Waals surface area contributed by atoms with Gasteiger partial charge < -0.3 is 21.3 Å². The number of halogens is 1. The van der Waals surface area contributed by atoms with Crippen molar-refractivity contribution < 1.29 is 9.18 Å². The van der Waals surface area contributed by atoms with Crippen molar-refractivity contribution in [3.8, 4) is 0 Å². The average Bonchev–Trinajstić information content (AvgIpc) is 2.80. The molecule has 0 saturated carbocycles. The zero-order valence-electron chi connectivity index (χ0n) is 18.0. The SMILES string of the molecule is Cc1cnc(Nc2cccc(C(=O)NC3CCCNC3)c2)nc1NCc1cccc(F)c1. The molecule has 4 rings (SSSR count). The molecule has 0 spiro atoms. The third kappa shape index (κ3) is 5.79. The summed E-state index contributed by atoms with van der Waals surface area (Å²) in [5, 5.41) is 12.8. The maximum Gasteiger partial charge on any atom is 0.251 e. The Morgan fingerprint density at radius 2 is 2.09 bits per heavy atom. The van der Waals surface area contributed by atoms with Gasteiger partial charge in [0, 0.05) is 42.1 Å². The number of hydrogen-bond donors (Lipinski definition) is 4. The van der Waals surface area contributed by atoms with E-state index in [2.05, 4.69) is 31.2 Å². The topological polar surface area (TPSA) is 91.0 Å². The summed E-state index contributed by atoms with van der Waals surface area (Å²) in [6.45, 7) is 4.15. The molecule has 32 heavy (non-hydrogen) atoms. The van der Waals surface area contributed by atoms with Gasteiger partial charge in [-0.3, -0.25) is 4.79 Å². The number of aromatic nitrogens is 2. The molecule has 1 aromatic heterocycles. The molecular formula is C24H27FN6O. The second kappa shape index (κ2) is 10.2. The molecule has 1 unspecified atom stereocenters. The number of benzene rings is 2. The number of carbonyl (C=O) groups is 1. The van der Waals surface area contributed by atoms with Gasteiger partial charge >= 0.3 is 0 Å². The van der Waals surface area contributed by atoms with E-state index < -0.39 is 0 Å². The van der Waals surface area contributed by atoms with Crippen molar-refractivity contribution in [3.05, 3.63) is 77.2 Å². The lowest BCUT2D eigenvalue weighted by molar-refractivity contribution is 0.0930. The largest absolute Gasteiger partial charge is 0.366 e. The molecule has 1 fully saturated rings. The van der Waals surface area contributed by atoms with Gasteiger partial charge in [-0.15, -0.1) is 0 Å². The van der Waals surface area contributed by atoms with E-state index in [4.69, 9.17) is 0 Å². The molecule has 1 atom stereocenters. The number of nitrogens with zero attached hydrogens (tertiary/aromatic N) is 2. The molecule has 1 aliphatic rings. The number of carbonyl (C=O) groups excluding carboxylic acids is 1. The fraction of sp³-hybridized carbons (Fsp3) is 0.292. The van der Waals surface area contributed by atoms with Gasteiger partial charge in [0.05, 0.1) is 0 Å². The normalized spacial score (nSPS) is 15.8. The summed E-state index contributed by atoms with van der Waals surface area (Å²) >= 11 is 0. The first-order chi connectivity index (χ1) is 15.6. The average molecular weight is 435 g/mol. The molecule has 0 bridgehead atoms. The van der Waals surface area contributed by atoms with Crippen molar-refractivity contribution in [1.82, 2.24) is 20.6 Å². The number of nitrogens with one attached hydrogen (secondary N) is 4. The van der Waals surface area contributed by atoms with Crippen LogP contribution in [0.15, 0.2) is 54.7 Å². The minimum Gasteiger partial charge on any atom is -0.366 e. The number of rotatable bonds is 7. The molecule has 1 amide bonds. The van der Waals surface area contributed by atoms with E-state index in [1.807, 2.05) is 25.1 Å². The predicted octanol–water partition coefficient (Wildman–Crippen LogP) is 3.76. The Labute approximate surface area is 186 Å². The molecule has 7 nitrogen and oxygen atoms in total. The highest BCUT2D eigenvalue weighted by Gasteiger charge is 2.16. The van der Waals surface area contributed by atoms with Crippen LogP contribution in [0.1, 0.15) is 34.3 Å². The van der Waals surface area contributed by atoms with Crippen molar-refractivity contribution in [2.45, 2.75) is 32.4 Å². The molecule has 0 aliphatic carbocycles. The minimum atomic E-state index is -0.269. The first kappa shape index (κ1) is 21.7. The quantitative estimate of drug-likeness (QED) is 0.453. The molecule has 4 N–H and O–H groups in total. The number of amides is 1. The summed E-state index contributed by atoms with van der Waals surface area (Å²) in [7, 11) is 0. The summed E-state index contributed by atoms with van der Waals surface area (Å²) in [5.41, 5.74) is 3.00. The number of hydrogen-bond acceptors (Lipinski definition) is 6. The molecule has 0 radical (unpaired) electrons. The van der Waals surface area contributed by atoms with Crippen molar-refractivity contribution in [2.75, 3.05) is 23.7 Å². The van der Waals surface area contributed by atoms with E-state index in [1.54, 1.807) is 24.4 Å². The second-order valence-electron chi connectivity index (χ2n) is 7.93. The third-order valence-corrected chi connectivity index (χ3v) is 5.33. The Morgan fingerprint density at radius 3 is 2.91 bits per heavy atom. The monoisotopic (exact) mass is 434 g/mol. The van der Waals surface area contributed by atoms with Gasteiger partial charge in [-0.2, -0.15) is 4.98 Å². The highest BCUT2D eigenvalue weighted by atomic mass is 19.1. The first-order valence-corrected chi connectivity index (χ1v) is 10.8.